The van der Waals surface area contributed by atoms with Crippen LogP contribution >= 0.6 is 0 Å². The highest BCUT2D eigenvalue weighted by molar-refractivity contribution is 7.92. The predicted octanol–water partition coefficient (Wildman–Crippen LogP) is 1.50. The molecule has 1 aromatic carbocycles. The van der Waals surface area contributed by atoms with E-state index in [-0.39, 0.29) is 0 Å². The van der Waals surface area contributed by atoms with Crippen molar-refractivity contribution >= 4 is 15.7 Å². The van der Waals surface area contributed by atoms with Crippen LogP contribution in [0.25, 0.3) is 0 Å². The van der Waals surface area contributed by atoms with Gasteiger partial charge in [-0.05, 0) is 29.8 Å². The number of pyridine rings is 1. The Morgan fingerprint density at radius 3 is 2.45 bits per heavy atom. The van der Waals surface area contributed by atoms with Crippen LogP contribution in [0.5, 0.6) is 0 Å². The second-order valence-corrected chi connectivity index (χ2v) is 6.02. The van der Waals surface area contributed by atoms with Crippen LogP contribution in [-0.4, -0.2) is 20.4 Å². The Hall–Kier alpha value is -1.99. The number of hydrogen-bond donors (Lipinski definition) is 1. The Bertz CT molecular complexity index is 702. The van der Waals surface area contributed by atoms with Gasteiger partial charge in [0, 0.05) is 19.8 Å². The molecule has 20 heavy (non-hydrogen) atoms. The lowest BCUT2D eigenvalue weighted by atomic mass is 10.2. The summed E-state index contributed by atoms with van der Waals surface area (Å²) in [6.07, 6.45) is 1.24. The van der Waals surface area contributed by atoms with Crippen molar-refractivity contribution in [1.29, 1.82) is 0 Å². The second kappa shape index (κ2) is 5.56. The number of rotatable bonds is 4. The van der Waals surface area contributed by atoms with Crippen LogP contribution in [0, 0.1) is 5.82 Å². The maximum absolute atomic E-state index is 13.6. The van der Waals surface area contributed by atoms with Crippen LogP contribution in [0.4, 0.5) is 10.1 Å². The number of halogens is 1. The third-order valence-electron chi connectivity index (χ3n) is 2.87. The largest absolute Gasteiger partial charge is 0.326 e. The van der Waals surface area contributed by atoms with Crippen LogP contribution in [0.15, 0.2) is 47.6 Å². The first-order chi connectivity index (χ1) is 9.46. The number of sulfonamides is 1. The summed E-state index contributed by atoms with van der Waals surface area (Å²) in [5.74, 6) is -0.877. The van der Waals surface area contributed by atoms with Crippen LogP contribution < -0.4 is 10.0 Å². The van der Waals surface area contributed by atoms with Crippen molar-refractivity contribution < 1.29 is 12.8 Å². The van der Waals surface area contributed by atoms with E-state index >= 15 is 0 Å². The first-order valence-electron chi connectivity index (χ1n) is 5.85. The third kappa shape index (κ3) is 2.63. The first kappa shape index (κ1) is 14.4. The molecule has 0 saturated heterocycles. The molecule has 106 valence electrons. The Kier molecular flexibility index (Phi) is 4.01. The average molecular weight is 295 g/mol. The highest BCUT2D eigenvalue weighted by atomic mass is 32.2. The summed E-state index contributed by atoms with van der Waals surface area (Å²) in [6.45, 7) is 0.367. The summed E-state index contributed by atoms with van der Waals surface area (Å²) in [5, 5.41) is -0.592. The monoisotopic (exact) mass is 295 g/mol. The zero-order valence-corrected chi connectivity index (χ0v) is 11.6. The number of hydrogen-bond acceptors (Lipinski definition) is 4. The second-order valence-electron chi connectivity index (χ2n) is 4.13. The molecule has 0 unspecified atom stereocenters. The molecule has 5 nitrogen and oxygen atoms in total. The maximum Gasteiger partial charge on any atom is 0.284 e. The van der Waals surface area contributed by atoms with Gasteiger partial charge in [-0.2, -0.15) is 8.42 Å². The molecule has 0 saturated carbocycles. The van der Waals surface area contributed by atoms with E-state index in [1.165, 1.54) is 19.3 Å². The predicted molar refractivity (Wildman–Crippen MR) is 74.1 cm³/mol. The zero-order valence-electron chi connectivity index (χ0n) is 10.8. The highest BCUT2D eigenvalue weighted by Crippen LogP contribution is 2.22. The van der Waals surface area contributed by atoms with E-state index in [4.69, 9.17) is 5.73 Å². The lowest BCUT2D eigenvalue weighted by molar-refractivity contribution is 0.552. The van der Waals surface area contributed by atoms with E-state index in [0.717, 1.165) is 15.9 Å². The van der Waals surface area contributed by atoms with Crippen LogP contribution in [-0.2, 0) is 16.6 Å². The van der Waals surface area contributed by atoms with Crippen molar-refractivity contribution in [2.24, 2.45) is 5.73 Å². The van der Waals surface area contributed by atoms with Gasteiger partial charge in [-0.3, -0.25) is 4.31 Å². The standard InChI is InChI=1S/C13H14FN3O2S/c1-17(11-6-4-10(9-15)5-7-11)20(18,19)13-12(14)3-2-8-16-13/h2-8H,9,15H2,1H3. The quantitative estimate of drug-likeness (QED) is 0.927. The van der Waals surface area contributed by atoms with Crippen molar-refractivity contribution in [3.05, 3.63) is 54.0 Å². The molecular formula is C13H14FN3O2S. The van der Waals surface area contributed by atoms with Crippen LogP contribution in [0.2, 0.25) is 0 Å². The number of aromatic nitrogens is 1. The van der Waals surface area contributed by atoms with Gasteiger partial charge in [0.15, 0.2) is 5.82 Å². The normalized spacial score (nSPS) is 11.3. The first-order valence-corrected chi connectivity index (χ1v) is 7.29. The van der Waals surface area contributed by atoms with Gasteiger partial charge in [-0.25, -0.2) is 9.37 Å². The molecule has 7 heteroatoms. The Morgan fingerprint density at radius 1 is 1.25 bits per heavy atom. The zero-order chi connectivity index (χ0) is 14.8. The van der Waals surface area contributed by atoms with Gasteiger partial charge in [0.2, 0.25) is 5.03 Å². The van der Waals surface area contributed by atoms with Gasteiger partial charge in [-0.15, -0.1) is 0 Å². The molecule has 0 aliphatic heterocycles. The van der Waals surface area contributed by atoms with E-state index in [9.17, 15) is 12.8 Å². The van der Waals surface area contributed by atoms with Crippen molar-refractivity contribution in [2.75, 3.05) is 11.4 Å². The molecule has 0 aliphatic rings. The van der Waals surface area contributed by atoms with E-state index in [1.807, 2.05) is 0 Å². The molecule has 0 amide bonds. The minimum atomic E-state index is -4.03. The molecular weight excluding hydrogens is 281 g/mol. The molecule has 0 fully saturated rings. The number of benzene rings is 1. The number of anilines is 1. The smallest absolute Gasteiger partial charge is 0.284 e. The Labute approximate surface area is 116 Å². The molecule has 0 atom stereocenters. The van der Waals surface area contributed by atoms with Crippen LogP contribution in [0.1, 0.15) is 5.56 Å². The minimum absolute atomic E-state index is 0.367. The summed E-state index contributed by atoms with van der Waals surface area (Å²) in [6, 6.07) is 9.06. The van der Waals surface area contributed by atoms with E-state index < -0.39 is 20.9 Å². The molecule has 1 heterocycles. The molecule has 0 bridgehead atoms. The van der Waals surface area contributed by atoms with E-state index in [1.54, 1.807) is 24.3 Å². The Balaban J connectivity index is 2.41. The maximum atomic E-state index is 13.6. The summed E-state index contributed by atoms with van der Waals surface area (Å²) < 4.78 is 39.2. The topological polar surface area (TPSA) is 76.3 Å². The lowest BCUT2D eigenvalue weighted by Crippen LogP contribution is -2.28. The van der Waals surface area contributed by atoms with Crippen molar-refractivity contribution in [3.63, 3.8) is 0 Å². The number of nitrogens with zero attached hydrogens (tertiary/aromatic N) is 2. The van der Waals surface area contributed by atoms with Crippen molar-refractivity contribution in [1.82, 2.24) is 4.98 Å². The molecule has 0 spiro atoms. The molecule has 2 N–H and O–H groups in total. The lowest BCUT2D eigenvalue weighted by Gasteiger charge is -2.19. The van der Waals surface area contributed by atoms with Crippen molar-refractivity contribution in [3.8, 4) is 0 Å². The van der Waals surface area contributed by atoms with E-state index in [0.29, 0.717) is 12.2 Å². The fraction of sp³-hybridized carbons (Fsp3) is 0.154. The summed E-state index contributed by atoms with van der Waals surface area (Å²) in [4.78, 5) is 3.61. The molecule has 0 radical (unpaired) electrons. The SMILES string of the molecule is CN(c1ccc(CN)cc1)S(=O)(=O)c1ncccc1F. The molecule has 1 aromatic heterocycles. The van der Waals surface area contributed by atoms with Gasteiger partial charge in [-0.1, -0.05) is 12.1 Å². The average Bonchev–Trinajstić information content (AvgIpc) is 2.47. The fourth-order valence-corrected chi connectivity index (χ4v) is 2.84. The minimum Gasteiger partial charge on any atom is -0.326 e. The third-order valence-corrected chi connectivity index (χ3v) is 4.59. The van der Waals surface area contributed by atoms with Gasteiger partial charge in [0.1, 0.15) is 0 Å². The number of nitrogens with two attached hydrogens (primary N) is 1. The molecule has 2 aromatic rings. The summed E-state index contributed by atoms with van der Waals surface area (Å²) in [7, 11) is -2.68. The van der Waals surface area contributed by atoms with Gasteiger partial charge >= 0.3 is 0 Å². The molecule has 0 aliphatic carbocycles. The van der Waals surface area contributed by atoms with Gasteiger partial charge in [0.05, 0.1) is 5.69 Å². The summed E-state index contributed by atoms with van der Waals surface area (Å²) in [5.41, 5.74) is 6.77. The molecule has 2 rings (SSSR count). The highest BCUT2D eigenvalue weighted by Gasteiger charge is 2.26. The van der Waals surface area contributed by atoms with E-state index in [2.05, 4.69) is 4.98 Å². The van der Waals surface area contributed by atoms with Crippen molar-refractivity contribution in [2.45, 2.75) is 11.6 Å². The Morgan fingerprint density at radius 2 is 1.90 bits per heavy atom. The van der Waals surface area contributed by atoms with Gasteiger partial charge < -0.3 is 5.73 Å². The van der Waals surface area contributed by atoms with Crippen LogP contribution in [0.3, 0.4) is 0 Å². The van der Waals surface area contributed by atoms with Gasteiger partial charge in [0.25, 0.3) is 10.0 Å². The fourth-order valence-electron chi connectivity index (χ4n) is 1.67. The summed E-state index contributed by atoms with van der Waals surface area (Å²) >= 11 is 0.